The van der Waals surface area contributed by atoms with Crippen LogP contribution in [0.2, 0.25) is 0 Å². The lowest BCUT2D eigenvalue weighted by atomic mass is 10.3. The van der Waals surface area contributed by atoms with Crippen LogP contribution in [0.25, 0.3) is 0 Å². The van der Waals surface area contributed by atoms with E-state index in [1.165, 1.54) is 12.3 Å². The van der Waals surface area contributed by atoms with Gasteiger partial charge in [0.15, 0.2) is 5.82 Å². The summed E-state index contributed by atoms with van der Waals surface area (Å²) in [5.74, 6) is 0.561. The van der Waals surface area contributed by atoms with Gasteiger partial charge in [-0.2, -0.15) is 0 Å². The van der Waals surface area contributed by atoms with Gasteiger partial charge in [0.1, 0.15) is 12.3 Å². The first kappa shape index (κ1) is 18.6. The predicted octanol–water partition coefficient (Wildman–Crippen LogP) is -1.38. The van der Waals surface area contributed by atoms with E-state index in [0.29, 0.717) is 37.8 Å². The van der Waals surface area contributed by atoms with E-state index in [0.717, 1.165) is 4.57 Å². The van der Waals surface area contributed by atoms with Crippen molar-refractivity contribution in [2.45, 2.75) is 13.5 Å². The molecule has 2 aromatic rings. The maximum absolute atomic E-state index is 12.3. The zero-order chi connectivity index (χ0) is 19.4. The van der Waals surface area contributed by atoms with Crippen LogP contribution in [-0.4, -0.2) is 69.0 Å². The number of rotatable bonds is 5. The van der Waals surface area contributed by atoms with Gasteiger partial charge in [-0.1, -0.05) is 5.16 Å². The van der Waals surface area contributed by atoms with Crippen molar-refractivity contribution in [1.82, 2.24) is 24.5 Å². The van der Waals surface area contributed by atoms with Crippen LogP contribution in [0.1, 0.15) is 5.76 Å². The molecule has 0 atom stereocenters. The van der Waals surface area contributed by atoms with Gasteiger partial charge in [-0.05, 0) is 6.92 Å². The molecule has 3 heterocycles. The van der Waals surface area contributed by atoms with Crippen molar-refractivity contribution < 1.29 is 14.1 Å². The van der Waals surface area contributed by atoms with Crippen molar-refractivity contribution in [3.63, 3.8) is 0 Å². The SMILES string of the molecule is Cc1cc(NC(=O)CN2CCN(C(=O)Cn3ccc(=O)[nH]c3=O)CC2)no1. The molecule has 2 amide bonds. The van der Waals surface area contributed by atoms with Gasteiger partial charge in [0, 0.05) is 44.5 Å². The molecule has 11 nitrogen and oxygen atoms in total. The van der Waals surface area contributed by atoms with Gasteiger partial charge in [-0.25, -0.2) is 4.79 Å². The summed E-state index contributed by atoms with van der Waals surface area (Å²) in [6, 6.07) is 2.83. The molecule has 1 aliphatic heterocycles. The van der Waals surface area contributed by atoms with E-state index in [1.54, 1.807) is 17.9 Å². The Balaban J connectivity index is 1.46. The molecule has 0 radical (unpaired) electrons. The molecule has 0 bridgehead atoms. The molecule has 3 rings (SSSR count). The van der Waals surface area contributed by atoms with Crippen LogP contribution in [0.15, 0.2) is 32.4 Å². The summed E-state index contributed by atoms with van der Waals surface area (Å²) in [6.45, 7) is 3.77. The highest BCUT2D eigenvalue weighted by Gasteiger charge is 2.23. The highest BCUT2D eigenvalue weighted by Crippen LogP contribution is 2.08. The van der Waals surface area contributed by atoms with Crippen LogP contribution in [-0.2, 0) is 16.1 Å². The Labute approximate surface area is 153 Å². The first-order valence-electron chi connectivity index (χ1n) is 8.44. The lowest BCUT2D eigenvalue weighted by molar-refractivity contribution is -0.133. The Morgan fingerprint density at radius 2 is 1.96 bits per heavy atom. The van der Waals surface area contributed by atoms with Gasteiger partial charge in [0.25, 0.3) is 5.56 Å². The second kappa shape index (κ2) is 7.99. The Morgan fingerprint density at radius 3 is 2.59 bits per heavy atom. The highest BCUT2D eigenvalue weighted by atomic mass is 16.5. The zero-order valence-electron chi connectivity index (χ0n) is 14.8. The van der Waals surface area contributed by atoms with E-state index in [-0.39, 0.29) is 24.9 Å². The van der Waals surface area contributed by atoms with Crippen molar-refractivity contribution >= 4 is 17.6 Å². The van der Waals surface area contributed by atoms with Crippen molar-refractivity contribution in [1.29, 1.82) is 0 Å². The average Bonchev–Trinajstić information content (AvgIpc) is 3.02. The van der Waals surface area contributed by atoms with Crippen molar-refractivity contribution in [3.05, 3.63) is 44.9 Å². The minimum absolute atomic E-state index is 0.137. The average molecular weight is 376 g/mol. The summed E-state index contributed by atoms with van der Waals surface area (Å²) in [5, 5.41) is 6.36. The van der Waals surface area contributed by atoms with Crippen LogP contribution in [0, 0.1) is 6.92 Å². The van der Waals surface area contributed by atoms with E-state index < -0.39 is 11.2 Å². The number of nitrogens with one attached hydrogen (secondary N) is 2. The van der Waals surface area contributed by atoms with Crippen molar-refractivity contribution in [3.8, 4) is 0 Å². The summed E-state index contributed by atoms with van der Waals surface area (Å²) in [4.78, 5) is 52.8. The smallest absolute Gasteiger partial charge is 0.328 e. The number of H-pyrrole nitrogens is 1. The number of carbonyl (C=O) groups is 2. The number of hydrogen-bond acceptors (Lipinski definition) is 7. The fourth-order valence-corrected chi connectivity index (χ4v) is 2.78. The first-order valence-corrected chi connectivity index (χ1v) is 8.44. The molecule has 2 N–H and O–H groups in total. The maximum Gasteiger partial charge on any atom is 0.328 e. The van der Waals surface area contributed by atoms with Gasteiger partial charge in [-0.3, -0.25) is 28.8 Å². The number of anilines is 1. The monoisotopic (exact) mass is 376 g/mol. The molecule has 0 unspecified atom stereocenters. The van der Waals surface area contributed by atoms with Crippen LogP contribution >= 0.6 is 0 Å². The number of aryl methyl sites for hydroxylation is 1. The van der Waals surface area contributed by atoms with E-state index in [1.807, 2.05) is 4.90 Å². The van der Waals surface area contributed by atoms with E-state index in [2.05, 4.69) is 15.5 Å². The lowest BCUT2D eigenvalue weighted by Crippen LogP contribution is -2.51. The van der Waals surface area contributed by atoms with Gasteiger partial charge >= 0.3 is 5.69 Å². The van der Waals surface area contributed by atoms with Crippen LogP contribution in [0.5, 0.6) is 0 Å². The molecule has 1 fully saturated rings. The Bertz CT molecular complexity index is 937. The number of aromatic amines is 1. The molecule has 1 saturated heterocycles. The van der Waals surface area contributed by atoms with E-state index in [9.17, 15) is 19.2 Å². The minimum Gasteiger partial charge on any atom is -0.360 e. The van der Waals surface area contributed by atoms with Crippen molar-refractivity contribution in [2.75, 3.05) is 38.0 Å². The lowest BCUT2D eigenvalue weighted by Gasteiger charge is -2.34. The summed E-state index contributed by atoms with van der Waals surface area (Å²) < 4.78 is 6.05. The highest BCUT2D eigenvalue weighted by molar-refractivity contribution is 5.91. The molecule has 0 saturated carbocycles. The molecule has 11 heteroatoms. The number of hydrogen-bond donors (Lipinski definition) is 2. The molecule has 0 aromatic carbocycles. The maximum atomic E-state index is 12.3. The molecule has 2 aromatic heterocycles. The summed E-state index contributed by atoms with van der Waals surface area (Å²) in [5.41, 5.74) is -1.12. The normalized spacial score (nSPS) is 14.9. The summed E-state index contributed by atoms with van der Waals surface area (Å²) in [7, 11) is 0. The van der Waals surface area contributed by atoms with Crippen LogP contribution in [0.4, 0.5) is 5.82 Å². The number of amides is 2. The molecule has 0 spiro atoms. The zero-order valence-corrected chi connectivity index (χ0v) is 14.8. The second-order valence-corrected chi connectivity index (χ2v) is 6.27. The number of piperazine rings is 1. The largest absolute Gasteiger partial charge is 0.360 e. The molecular weight excluding hydrogens is 356 g/mol. The van der Waals surface area contributed by atoms with Gasteiger partial charge in [0.2, 0.25) is 11.8 Å². The third kappa shape index (κ3) is 4.91. The van der Waals surface area contributed by atoms with Gasteiger partial charge < -0.3 is 14.7 Å². The minimum atomic E-state index is -0.616. The third-order valence-electron chi connectivity index (χ3n) is 4.19. The van der Waals surface area contributed by atoms with E-state index >= 15 is 0 Å². The Morgan fingerprint density at radius 1 is 1.22 bits per heavy atom. The third-order valence-corrected chi connectivity index (χ3v) is 4.19. The summed E-state index contributed by atoms with van der Waals surface area (Å²) >= 11 is 0. The number of aromatic nitrogens is 3. The number of carbonyl (C=O) groups excluding carboxylic acids is 2. The summed E-state index contributed by atoms with van der Waals surface area (Å²) in [6.07, 6.45) is 1.30. The fraction of sp³-hybridized carbons (Fsp3) is 0.438. The van der Waals surface area contributed by atoms with Crippen LogP contribution < -0.4 is 16.6 Å². The molecule has 27 heavy (non-hydrogen) atoms. The first-order chi connectivity index (χ1) is 12.9. The molecular formula is C16H20N6O5. The van der Waals surface area contributed by atoms with Gasteiger partial charge in [-0.15, -0.1) is 0 Å². The quantitative estimate of drug-likeness (QED) is 0.657. The van der Waals surface area contributed by atoms with Gasteiger partial charge in [0.05, 0.1) is 6.54 Å². The fourth-order valence-electron chi connectivity index (χ4n) is 2.78. The standard InChI is InChI=1S/C16H20N6O5/c1-11-8-12(19-27-11)17-14(24)9-20-4-6-21(7-5-20)15(25)10-22-3-2-13(23)18-16(22)26/h2-3,8H,4-7,9-10H2,1H3,(H,17,19,24)(H,18,23,26). The number of nitrogens with zero attached hydrogens (tertiary/aromatic N) is 4. The molecule has 144 valence electrons. The Hall–Kier alpha value is -3.21. The Kier molecular flexibility index (Phi) is 5.50. The van der Waals surface area contributed by atoms with Crippen LogP contribution in [0.3, 0.4) is 0 Å². The molecule has 1 aliphatic rings. The topological polar surface area (TPSA) is 134 Å². The van der Waals surface area contributed by atoms with E-state index in [4.69, 9.17) is 4.52 Å². The second-order valence-electron chi connectivity index (χ2n) is 6.27. The molecule has 0 aliphatic carbocycles. The van der Waals surface area contributed by atoms with Crippen molar-refractivity contribution in [2.24, 2.45) is 0 Å². The predicted molar refractivity (Wildman–Crippen MR) is 94.2 cm³/mol.